The van der Waals surface area contributed by atoms with Gasteiger partial charge in [0.05, 0.1) is 12.8 Å². The van der Waals surface area contributed by atoms with Crippen LogP contribution in [0.2, 0.25) is 0 Å². The number of nitrogens with one attached hydrogen (secondary N) is 2. The Morgan fingerprint density at radius 3 is 2.94 bits per heavy atom. The Morgan fingerprint density at radius 2 is 2.35 bits per heavy atom. The van der Waals surface area contributed by atoms with Gasteiger partial charge in [0.2, 0.25) is 0 Å². The number of hydrogen-bond donors (Lipinski definition) is 2. The molecule has 0 radical (unpaired) electrons. The van der Waals surface area contributed by atoms with Crippen molar-refractivity contribution in [3.05, 3.63) is 18.0 Å². The largest absolute Gasteiger partial charge is 0.380 e. The van der Waals surface area contributed by atoms with Crippen molar-refractivity contribution in [1.29, 1.82) is 0 Å². The molecule has 1 aromatic heterocycles. The van der Waals surface area contributed by atoms with Crippen LogP contribution in [0.15, 0.2) is 17.4 Å². The summed E-state index contributed by atoms with van der Waals surface area (Å²) in [6.45, 7) is 4.87. The van der Waals surface area contributed by atoms with Gasteiger partial charge in [-0.05, 0) is 6.92 Å². The number of guanidine groups is 1. The van der Waals surface area contributed by atoms with Crippen LogP contribution in [0, 0.1) is 0 Å². The van der Waals surface area contributed by atoms with E-state index in [1.165, 1.54) is 0 Å². The van der Waals surface area contributed by atoms with Gasteiger partial charge < -0.3 is 15.4 Å². The summed E-state index contributed by atoms with van der Waals surface area (Å²) in [7, 11) is 3.65. The van der Waals surface area contributed by atoms with Gasteiger partial charge in [-0.1, -0.05) is 0 Å². The molecule has 0 amide bonds. The van der Waals surface area contributed by atoms with Crippen LogP contribution in [-0.2, 0) is 18.3 Å². The normalized spacial score (nSPS) is 11.6. The maximum Gasteiger partial charge on any atom is 0.191 e. The Balaban J connectivity index is 2.23. The summed E-state index contributed by atoms with van der Waals surface area (Å²) in [5.41, 5.74) is 1.13. The first-order valence-electron chi connectivity index (χ1n) is 5.76. The zero-order valence-corrected chi connectivity index (χ0v) is 10.7. The van der Waals surface area contributed by atoms with E-state index in [0.29, 0.717) is 13.2 Å². The molecule has 0 spiro atoms. The van der Waals surface area contributed by atoms with Gasteiger partial charge >= 0.3 is 0 Å². The number of aryl methyl sites for hydroxylation is 1. The van der Waals surface area contributed by atoms with Crippen molar-refractivity contribution < 1.29 is 4.74 Å². The van der Waals surface area contributed by atoms with Gasteiger partial charge in [0.1, 0.15) is 0 Å². The van der Waals surface area contributed by atoms with Crippen molar-refractivity contribution in [3.8, 4) is 0 Å². The van der Waals surface area contributed by atoms with Gasteiger partial charge in [0.15, 0.2) is 5.96 Å². The maximum absolute atomic E-state index is 5.24. The Kier molecular flexibility index (Phi) is 6.09. The molecule has 0 aliphatic heterocycles. The van der Waals surface area contributed by atoms with E-state index in [-0.39, 0.29) is 0 Å². The van der Waals surface area contributed by atoms with Gasteiger partial charge in [-0.15, -0.1) is 0 Å². The second-order valence-electron chi connectivity index (χ2n) is 3.57. The molecule has 0 unspecified atom stereocenters. The summed E-state index contributed by atoms with van der Waals surface area (Å²) in [5.74, 6) is 0.772. The highest BCUT2D eigenvalue weighted by Crippen LogP contribution is 1.94. The molecule has 1 heterocycles. The SMILES string of the molecule is CCOCCNC(=NC)NCc1cnn(C)c1. The highest BCUT2D eigenvalue weighted by atomic mass is 16.5. The Morgan fingerprint density at radius 1 is 1.53 bits per heavy atom. The van der Waals surface area contributed by atoms with E-state index in [2.05, 4.69) is 20.7 Å². The Bertz CT molecular complexity index is 347. The predicted octanol–water partition coefficient (Wildman–Crippen LogP) is 0.122. The van der Waals surface area contributed by atoms with Crippen molar-refractivity contribution in [2.45, 2.75) is 13.5 Å². The van der Waals surface area contributed by atoms with E-state index in [9.17, 15) is 0 Å². The van der Waals surface area contributed by atoms with Gasteiger partial charge in [0.25, 0.3) is 0 Å². The van der Waals surface area contributed by atoms with Crippen LogP contribution < -0.4 is 10.6 Å². The molecule has 17 heavy (non-hydrogen) atoms. The standard InChI is InChI=1S/C11H21N5O/c1-4-17-6-5-13-11(12-2)14-7-10-8-15-16(3)9-10/h8-9H,4-7H2,1-3H3,(H2,12,13,14). The molecule has 0 aliphatic carbocycles. The van der Waals surface area contributed by atoms with Gasteiger partial charge in [-0.3, -0.25) is 9.67 Å². The minimum Gasteiger partial charge on any atom is -0.380 e. The van der Waals surface area contributed by atoms with Crippen LogP contribution in [0.1, 0.15) is 12.5 Å². The average molecular weight is 239 g/mol. The summed E-state index contributed by atoms with van der Waals surface area (Å²) in [4.78, 5) is 4.12. The molecule has 0 atom stereocenters. The smallest absolute Gasteiger partial charge is 0.191 e. The minimum atomic E-state index is 0.685. The molecule has 0 fully saturated rings. The molecule has 1 rings (SSSR count). The van der Waals surface area contributed by atoms with Crippen molar-refractivity contribution in [2.75, 3.05) is 26.8 Å². The quantitative estimate of drug-likeness (QED) is 0.420. The third-order valence-corrected chi connectivity index (χ3v) is 2.18. The van der Waals surface area contributed by atoms with Crippen LogP contribution in [0.25, 0.3) is 0 Å². The number of rotatable bonds is 6. The first-order valence-corrected chi connectivity index (χ1v) is 5.76. The van der Waals surface area contributed by atoms with Crippen molar-refractivity contribution in [3.63, 3.8) is 0 Å². The van der Waals surface area contributed by atoms with Gasteiger partial charge in [-0.2, -0.15) is 5.10 Å². The zero-order valence-electron chi connectivity index (χ0n) is 10.7. The molecule has 0 saturated heterocycles. The number of hydrogen-bond acceptors (Lipinski definition) is 3. The average Bonchev–Trinajstić information content (AvgIpc) is 2.74. The molecule has 0 aromatic carbocycles. The lowest BCUT2D eigenvalue weighted by Crippen LogP contribution is -2.38. The first-order chi connectivity index (χ1) is 8.26. The van der Waals surface area contributed by atoms with Gasteiger partial charge in [0, 0.05) is 45.6 Å². The fourth-order valence-corrected chi connectivity index (χ4v) is 1.36. The van der Waals surface area contributed by atoms with Crippen LogP contribution in [-0.4, -0.2) is 42.5 Å². The number of nitrogens with zero attached hydrogens (tertiary/aromatic N) is 3. The lowest BCUT2D eigenvalue weighted by molar-refractivity contribution is 0.152. The maximum atomic E-state index is 5.24. The van der Waals surface area contributed by atoms with Gasteiger partial charge in [-0.25, -0.2) is 0 Å². The molecule has 2 N–H and O–H groups in total. The lowest BCUT2D eigenvalue weighted by Gasteiger charge is -2.10. The fourth-order valence-electron chi connectivity index (χ4n) is 1.36. The first kappa shape index (κ1) is 13.5. The van der Waals surface area contributed by atoms with E-state index in [4.69, 9.17) is 4.74 Å². The second kappa shape index (κ2) is 7.67. The molecule has 0 bridgehead atoms. The Hall–Kier alpha value is -1.56. The van der Waals surface area contributed by atoms with Crippen LogP contribution >= 0.6 is 0 Å². The predicted molar refractivity (Wildman–Crippen MR) is 67.9 cm³/mol. The second-order valence-corrected chi connectivity index (χ2v) is 3.57. The summed E-state index contributed by atoms with van der Waals surface area (Å²) in [5, 5.41) is 10.5. The molecule has 1 aromatic rings. The van der Waals surface area contributed by atoms with E-state index >= 15 is 0 Å². The number of aromatic nitrogens is 2. The molecular weight excluding hydrogens is 218 g/mol. The van der Waals surface area contributed by atoms with Crippen LogP contribution in [0.4, 0.5) is 0 Å². The minimum absolute atomic E-state index is 0.685. The Labute approximate surface area is 102 Å². The topological polar surface area (TPSA) is 63.5 Å². The summed E-state index contributed by atoms with van der Waals surface area (Å²) in [6.07, 6.45) is 3.81. The van der Waals surface area contributed by atoms with Crippen molar-refractivity contribution in [2.24, 2.45) is 12.0 Å². The monoisotopic (exact) mass is 239 g/mol. The van der Waals surface area contributed by atoms with E-state index in [1.807, 2.05) is 26.4 Å². The summed E-state index contributed by atoms with van der Waals surface area (Å²) in [6, 6.07) is 0. The third-order valence-electron chi connectivity index (χ3n) is 2.18. The number of ether oxygens (including phenoxy) is 1. The molecule has 0 aliphatic rings. The molecule has 96 valence electrons. The van der Waals surface area contributed by atoms with Crippen molar-refractivity contribution >= 4 is 5.96 Å². The highest BCUT2D eigenvalue weighted by molar-refractivity contribution is 5.79. The van der Waals surface area contributed by atoms with Crippen LogP contribution in [0.5, 0.6) is 0 Å². The summed E-state index contributed by atoms with van der Waals surface area (Å²) >= 11 is 0. The van der Waals surface area contributed by atoms with Crippen LogP contribution in [0.3, 0.4) is 0 Å². The van der Waals surface area contributed by atoms with Crippen molar-refractivity contribution in [1.82, 2.24) is 20.4 Å². The van der Waals surface area contributed by atoms with E-state index < -0.39 is 0 Å². The fraction of sp³-hybridized carbons (Fsp3) is 0.636. The van der Waals surface area contributed by atoms with E-state index in [1.54, 1.807) is 11.7 Å². The summed E-state index contributed by atoms with van der Waals surface area (Å²) < 4.78 is 7.02. The molecule has 6 heteroatoms. The molecule has 6 nitrogen and oxygen atoms in total. The third kappa shape index (κ3) is 5.35. The zero-order chi connectivity index (χ0) is 12.5. The molecular formula is C11H21N5O. The highest BCUT2D eigenvalue weighted by Gasteiger charge is 1.99. The van der Waals surface area contributed by atoms with E-state index in [0.717, 1.165) is 24.7 Å². The number of aliphatic imine (C=N–C) groups is 1. The lowest BCUT2D eigenvalue weighted by atomic mass is 10.4. The molecule has 0 saturated carbocycles.